The lowest BCUT2D eigenvalue weighted by atomic mass is 9.99. The normalized spacial score (nSPS) is 11.2. The van der Waals surface area contributed by atoms with Crippen molar-refractivity contribution in [2.24, 2.45) is 0 Å². The van der Waals surface area contributed by atoms with Crippen molar-refractivity contribution < 1.29 is 27.8 Å². The highest BCUT2D eigenvalue weighted by molar-refractivity contribution is 6.34. The van der Waals surface area contributed by atoms with Gasteiger partial charge >= 0.3 is 12.3 Å². The second kappa shape index (κ2) is 5.65. The number of alkyl halides is 3. The molecule has 0 aliphatic carbocycles. The van der Waals surface area contributed by atoms with Crippen LogP contribution < -0.4 is 4.74 Å². The van der Waals surface area contributed by atoms with Gasteiger partial charge in [-0.15, -0.1) is 13.2 Å². The summed E-state index contributed by atoms with van der Waals surface area (Å²) in [6, 6.07) is 9.41. The van der Waals surface area contributed by atoms with E-state index in [1.54, 1.807) is 0 Å². The van der Waals surface area contributed by atoms with E-state index in [4.69, 9.17) is 16.7 Å². The number of hydrogen-bond donors (Lipinski definition) is 1. The molecule has 0 bridgehead atoms. The first-order chi connectivity index (χ1) is 9.78. The summed E-state index contributed by atoms with van der Waals surface area (Å²) in [5.41, 5.74) is 0.294. The SMILES string of the molecule is O=C(O)c1c(Cl)cccc1-c1cccc(OC(F)(F)F)c1. The van der Waals surface area contributed by atoms with Crippen LogP contribution in [0, 0.1) is 0 Å². The molecule has 2 aromatic carbocycles. The van der Waals surface area contributed by atoms with Crippen molar-refractivity contribution in [1.82, 2.24) is 0 Å². The van der Waals surface area contributed by atoms with Gasteiger partial charge in [0.15, 0.2) is 0 Å². The summed E-state index contributed by atoms with van der Waals surface area (Å²) < 4.78 is 40.4. The molecule has 2 rings (SSSR count). The van der Waals surface area contributed by atoms with Crippen LogP contribution in [-0.4, -0.2) is 17.4 Å². The molecule has 0 aliphatic heterocycles. The predicted molar refractivity (Wildman–Crippen MR) is 70.5 cm³/mol. The third-order valence-electron chi connectivity index (χ3n) is 2.61. The van der Waals surface area contributed by atoms with Gasteiger partial charge in [0, 0.05) is 0 Å². The van der Waals surface area contributed by atoms with Crippen molar-refractivity contribution >= 4 is 17.6 Å². The Morgan fingerprint density at radius 1 is 1.14 bits per heavy atom. The third-order valence-corrected chi connectivity index (χ3v) is 2.92. The molecule has 0 atom stereocenters. The number of carboxylic acid groups (broad SMARTS) is 1. The van der Waals surface area contributed by atoms with Crippen LogP contribution in [0.15, 0.2) is 42.5 Å². The highest BCUT2D eigenvalue weighted by Crippen LogP contribution is 2.32. The minimum Gasteiger partial charge on any atom is -0.478 e. The molecule has 21 heavy (non-hydrogen) atoms. The Kier molecular flexibility index (Phi) is 4.09. The van der Waals surface area contributed by atoms with Crippen LogP contribution >= 0.6 is 11.6 Å². The summed E-state index contributed by atoms with van der Waals surface area (Å²) in [6.45, 7) is 0. The second-order valence-corrected chi connectivity index (χ2v) is 4.45. The van der Waals surface area contributed by atoms with Crippen LogP contribution in [0.1, 0.15) is 10.4 Å². The Morgan fingerprint density at radius 2 is 1.81 bits per heavy atom. The van der Waals surface area contributed by atoms with E-state index < -0.39 is 18.1 Å². The number of halogens is 4. The van der Waals surface area contributed by atoms with Crippen molar-refractivity contribution in [2.75, 3.05) is 0 Å². The van der Waals surface area contributed by atoms with Gasteiger partial charge in [0.25, 0.3) is 0 Å². The average Bonchev–Trinajstić information content (AvgIpc) is 2.36. The fraction of sp³-hybridized carbons (Fsp3) is 0.0714. The number of benzene rings is 2. The van der Waals surface area contributed by atoms with Crippen molar-refractivity contribution in [1.29, 1.82) is 0 Å². The Bertz CT molecular complexity index is 683. The quantitative estimate of drug-likeness (QED) is 0.900. The zero-order valence-electron chi connectivity index (χ0n) is 10.3. The average molecular weight is 317 g/mol. The smallest absolute Gasteiger partial charge is 0.478 e. The highest BCUT2D eigenvalue weighted by Gasteiger charge is 2.31. The molecule has 0 unspecified atom stereocenters. The maximum Gasteiger partial charge on any atom is 0.573 e. The van der Waals surface area contributed by atoms with Gasteiger partial charge in [0.2, 0.25) is 0 Å². The van der Waals surface area contributed by atoms with Crippen LogP contribution in [0.2, 0.25) is 5.02 Å². The number of rotatable bonds is 3. The molecule has 0 aliphatic rings. The van der Waals surface area contributed by atoms with E-state index in [2.05, 4.69) is 4.74 Å². The molecule has 0 aromatic heterocycles. The van der Waals surface area contributed by atoms with Gasteiger partial charge in [-0.3, -0.25) is 0 Å². The van der Waals surface area contributed by atoms with Gasteiger partial charge in [-0.2, -0.15) is 0 Å². The van der Waals surface area contributed by atoms with Crippen LogP contribution in [0.4, 0.5) is 13.2 Å². The van der Waals surface area contributed by atoms with Crippen LogP contribution in [-0.2, 0) is 0 Å². The summed E-state index contributed by atoms with van der Waals surface area (Å²) in [5.74, 6) is -1.70. The van der Waals surface area contributed by atoms with Crippen LogP contribution in [0.5, 0.6) is 5.75 Å². The number of aromatic carboxylic acids is 1. The summed E-state index contributed by atoms with van der Waals surface area (Å²) in [7, 11) is 0. The Morgan fingerprint density at radius 3 is 2.43 bits per heavy atom. The lowest BCUT2D eigenvalue weighted by Gasteiger charge is -2.12. The van der Waals surface area contributed by atoms with Gasteiger partial charge in [-0.25, -0.2) is 4.79 Å². The molecular formula is C14H8ClF3O3. The van der Waals surface area contributed by atoms with Crippen molar-refractivity contribution in [2.45, 2.75) is 6.36 Å². The summed E-state index contributed by atoms with van der Waals surface area (Å²) >= 11 is 5.83. The van der Waals surface area contributed by atoms with E-state index in [0.29, 0.717) is 0 Å². The molecule has 0 heterocycles. The first-order valence-electron chi connectivity index (χ1n) is 5.66. The van der Waals surface area contributed by atoms with Gasteiger partial charge in [0.05, 0.1) is 10.6 Å². The standard InChI is InChI=1S/C14H8ClF3O3/c15-11-6-2-5-10(12(11)13(19)20)8-3-1-4-9(7-8)21-14(16,17)18/h1-7H,(H,19,20). The van der Waals surface area contributed by atoms with E-state index in [-0.39, 0.29) is 21.7 Å². The van der Waals surface area contributed by atoms with Gasteiger partial charge in [-0.05, 0) is 29.3 Å². The second-order valence-electron chi connectivity index (χ2n) is 4.04. The van der Waals surface area contributed by atoms with Gasteiger partial charge < -0.3 is 9.84 Å². The van der Waals surface area contributed by atoms with E-state index in [9.17, 15) is 18.0 Å². The Hall–Kier alpha value is -2.21. The van der Waals surface area contributed by atoms with E-state index in [1.165, 1.54) is 30.3 Å². The monoisotopic (exact) mass is 316 g/mol. The van der Waals surface area contributed by atoms with Crippen molar-refractivity contribution in [3.63, 3.8) is 0 Å². The Labute approximate surface area is 122 Å². The fourth-order valence-corrected chi connectivity index (χ4v) is 2.10. The summed E-state index contributed by atoms with van der Waals surface area (Å²) in [5, 5.41) is 9.17. The number of carboxylic acids is 1. The molecule has 2 aromatic rings. The fourth-order valence-electron chi connectivity index (χ4n) is 1.84. The third kappa shape index (κ3) is 3.66. The lowest BCUT2D eigenvalue weighted by Crippen LogP contribution is -2.17. The number of ether oxygens (including phenoxy) is 1. The molecule has 0 fully saturated rings. The van der Waals surface area contributed by atoms with Gasteiger partial charge in [0.1, 0.15) is 5.75 Å². The van der Waals surface area contributed by atoms with Crippen molar-refractivity contribution in [3.05, 3.63) is 53.1 Å². The maximum atomic E-state index is 12.2. The molecule has 0 amide bonds. The highest BCUT2D eigenvalue weighted by atomic mass is 35.5. The van der Waals surface area contributed by atoms with E-state index in [1.807, 2.05) is 0 Å². The summed E-state index contributed by atoms with van der Waals surface area (Å²) in [4.78, 5) is 11.2. The van der Waals surface area contributed by atoms with E-state index in [0.717, 1.165) is 12.1 Å². The number of hydrogen-bond acceptors (Lipinski definition) is 2. The Balaban J connectivity index is 2.51. The molecule has 1 N–H and O–H groups in total. The molecule has 0 saturated carbocycles. The topological polar surface area (TPSA) is 46.5 Å². The molecule has 0 radical (unpaired) electrons. The number of carbonyl (C=O) groups is 1. The molecule has 7 heteroatoms. The summed E-state index contributed by atoms with van der Waals surface area (Å²) in [6.07, 6.45) is -4.82. The zero-order chi connectivity index (χ0) is 15.6. The van der Waals surface area contributed by atoms with Crippen LogP contribution in [0.3, 0.4) is 0 Å². The minimum absolute atomic E-state index is 0.00198. The van der Waals surface area contributed by atoms with Crippen molar-refractivity contribution in [3.8, 4) is 16.9 Å². The molecule has 3 nitrogen and oxygen atoms in total. The van der Waals surface area contributed by atoms with E-state index >= 15 is 0 Å². The zero-order valence-corrected chi connectivity index (χ0v) is 11.1. The molecule has 110 valence electrons. The van der Waals surface area contributed by atoms with Crippen LogP contribution in [0.25, 0.3) is 11.1 Å². The first-order valence-corrected chi connectivity index (χ1v) is 6.04. The first kappa shape index (κ1) is 15.2. The molecule has 0 spiro atoms. The maximum absolute atomic E-state index is 12.2. The minimum atomic E-state index is -4.82. The molecular weight excluding hydrogens is 309 g/mol. The largest absolute Gasteiger partial charge is 0.573 e. The predicted octanol–water partition coefficient (Wildman–Crippen LogP) is 4.60. The molecule has 0 saturated heterocycles. The van der Waals surface area contributed by atoms with Gasteiger partial charge in [-0.1, -0.05) is 35.9 Å². The lowest BCUT2D eigenvalue weighted by molar-refractivity contribution is -0.274.